The molecule has 0 aliphatic carbocycles. The molecule has 5 aromatic carbocycles. The standard InChI is InChI=1S/C39H36N2O/c1-38(2,3)30-23-26(25-15-8-7-9-16-25)24-31(39(4,5)6)35(30)41-33-21-12-11-20-32(33)40-37(41)29-19-14-18-28-27-17-10-13-22-34(27)42-36(28)29/h7-24H,1-6H3. The van der Waals surface area contributed by atoms with Crippen LogP contribution in [0, 0.1) is 0 Å². The Kier molecular flexibility index (Phi) is 5.92. The van der Waals surface area contributed by atoms with Crippen LogP contribution < -0.4 is 0 Å². The van der Waals surface area contributed by atoms with Gasteiger partial charge in [0.2, 0.25) is 0 Å². The third-order valence-corrected chi connectivity index (χ3v) is 8.26. The van der Waals surface area contributed by atoms with Crippen molar-refractivity contribution in [3.63, 3.8) is 0 Å². The van der Waals surface area contributed by atoms with Gasteiger partial charge in [-0.2, -0.15) is 0 Å². The summed E-state index contributed by atoms with van der Waals surface area (Å²) < 4.78 is 8.94. The van der Waals surface area contributed by atoms with Crippen LogP contribution in [0.3, 0.4) is 0 Å². The Hall–Kier alpha value is -4.63. The van der Waals surface area contributed by atoms with E-state index in [1.165, 1.54) is 27.9 Å². The highest BCUT2D eigenvalue weighted by molar-refractivity contribution is 6.09. The summed E-state index contributed by atoms with van der Waals surface area (Å²) in [5.41, 5.74) is 10.8. The fraction of sp³-hybridized carbons (Fsp3) is 0.205. The van der Waals surface area contributed by atoms with Gasteiger partial charge in [0.1, 0.15) is 17.0 Å². The summed E-state index contributed by atoms with van der Waals surface area (Å²) in [5, 5.41) is 2.23. The average molecular weight is 549 g/mol. The lowest BCUT2D eigenvalue weighted by Crippen LogP contribution is -2.22. The Balaban J connectivity index is 1.63. The monoisotopic (exact) mass is 548 g/mol. The number of furan rings is 1. The highest BCUT2D eigenvalue weighted by atomic mass is 16.3. The predicted octanol–water partition coefficient (Wildman–Crippen LogP) is 10.9. The minimum absolute atomic E-state index is 0.131. The molecular weight excluding hydrogens is 512 g/mol. The zero-order valence-corrected chi connectivity index (χ0v) is 25.2. The van der Waals surface area contributed by atoms with Crippen molar-refractivity contribution < 1.29 is 4.42 Å². The first-order valence-electron chi connectivity index (χ1n) is 14.7. The van der Waals surface area contributed by atoms with Crippen LogP contribution in [0.15, 0.2) is 114 Å². The van der Waals surface area contributed by atoms with Gasteiger partial charge in [-0.15, -0.1) is 0 Å². The Morgan fingerprint density at radius 1 is 0.595 bits per heavy atom. The molecule has 0 aliphatic rings. The van der Waals surface area contributed by atoms with E-state index in [-0.39, 0.29) is 10.8 Å². The Morgan fingerprint density at radius 3 is 1.93 bits per heavy atom. The number of hydrogen-bond acceptors (Lipinski definition) is 2. The smallest absolute Gasteiger partial charge is 0.149 e. The van der Waals surface area contributed by atoms with E-state index in [9.17, 15) is 0 Å². The van der Waals surface area contributed by atoms with Gasteiger partial charge in [-0.25, -0.2) is 4.98 Å². The Labute approximate surface area is 247 Å². The summed E-state index contributed by atoms with van der Waals surface area (Å²) in [6, 6.07) is 38.7. The number of hydrogen-bond donors (Lipinski definition) is 0. The van der Waals surface area contributed by atoms with Gasteiger partial charge < -0.3 is 4.42 Å². The van der Waals surface area contributed by atoms with Crippen molar-refractivity contribution in [3.8, 4) is 28.2 Å². The van der Waals surface area contributed by atoms with Crippen molar-refractivity contribution >= 4 is 33.0 Å². The molecule has 7 aromatic rings. The first-order valence-corrected chi connectivity index (χ1v) is 14.7. The van der Waals surface area contributed by atoms with Gasteiger partial charge in [-0.1, -0.05) is 114 Å². The number of rotatable bonds is 3. The molecule has 0 atom stereocenters. The number of nitrogens with zero attached hydrogens (tertiary/aromatic N) is 2. The van der Waals surface area contributed by atoms with Crippen LogP contribution in [0.25, 0.3) is 61.2 Å². The van der Waals surface area contributed by atoms with Crippen LogP contribution >= 0.6 is 0 Å². The Morgan fingerprint density at radius 2 is 1.21 bits per heavy atom. The molecule has 7 rings (SSSR count). The second-order valence-electron chi connectivity index (χ2n) is 13.3. The first kappa shape index (κ1) is 26.3. The average Bonchev–Trinajstić information content (AvgIpc) is 3.55. The van der Waals surface area contributed by atoms with Gasteiger partial charge in [-0.05, 0) is 69.5 Å². The van der Waals surface area contributed by atoms with Crippen LogP contribution in [0.5, 0.6) is 0 Å². The molecule has 42 heavy (non-hydrogen) atoms. The minimum atomic E-state index is -0.131. The van der Waals surface area contributed by atoms with E-state index in [1.807, 2.05) is 12.1 Å². The van der Waals surface area contributed by atoms with E-state index < -0.39 is 0 Å². The molecule has 0 saturated heterocycles. The quantitative estimate of drug-likeness (QED) is 0.220. The largest absolute Gasteiger partial charge is 0.455 e. The van der Waals surface area contributed by atoms with Gasteiger partial charge in [0, 0.05) is 10.8 Å². The molecule has 0 radical (unpaired) electrons. The zero-order chi connectivity index (χ0) is 29.2. The lowest BCUT2D eigenvalue weighted by molar-refractivity contribution is 0.563. The number of benzene rings is 5. The summed E-state index contributed by atoms with van der Waals surface area (Å²) >= 11 is 0. The first-order chi connectivity index (χ1) is 20.1. The fourth-order valence-corrected chi connectivity index (χ4v) is 6.17. The van der Waals surface area contributed by atoms with Crippen LogP contribution in [-0.4, -0.2) is 9.55 Å². The molecule has 208 valence electrons. The second kappa shape index (κ2) is 9.46. The van der Waals surface area contributed by atoms with Crippen molar-refractivity contribution in [1.29, 1.82) is 0 Å². The highest BCUT2D eigenvalue weighted by Crippen LogP contribution is 2.44. The highest BCUT2D eigenvalue weighted by Gasteiger charge is 2.31. The topological polar surface area (TPSA) is 31.0 Å². The van der Waals surface area contributed by atoms with Crippen molar-refractivity contribution in [2.24, 2.45) is 0 Å². The maximum Gasteiger partial charge on any atom is 0.149 e. The molecule has 0 spiro atoms. The van der Waals surface area contributed by atoms with E-state index >= 15 is 0 Å². The lowest BCUT2D eigenvalue weighted by Gasteiger charge is -2.32. The van der Waals surface area contributed by atoms with Gasteiger partial charge in [0.05, 0.1) is 22.3 Å². The third-order valence-electron chi connectivity index (χ3n) is 8.26. The van der Waals surface area contributed by atoms with Crippen molar-refractivity contribution in [2.45, 2.75) is 52.4 Å². The Bertz CT molecular complexity index is 2060. The number of fused-ring (bicyclic) bond motifs is 4. The maximum atomic E-state index is 6.54. The van der Waals surface area contributed by atoms with E-state index in [2.05, 4.69) is 143 Å². The molecular formula is C39H36N2O. The number of aromatic nitrogens is 2. The van der Waals surface area contributed by atoms with Gasteiger partial charge >= 0.3 is 0 Å². The summed E-state index contributed by atoms with van der Waals surface area (Å²) in [6.45, 7) is 13.9. The van der Waals surface area contributed by atoms with Crippen LogP contribution in [0.1, 0.15) is 52.7 Å². The maximum absolute atomic E-state index is 6.54. The molecule has 0 unspecified atom stereocenters. The SMILES string of the molecule is CC(C)(C)c1cc(-c2ccccc2)cc(C(C)(C)C)c1-n1c(-c2cccc3c2oc2ccccc23)nc2ccccc21. The molecule has 0 fully saturated rings. The van der Waals surface area contributed by atoms with Crippen molar-refractivity contribution in [1.82, 2.24) is 9.55 Å². The predicted molar refractivity (Wildman–Crippen MR) is 177 cm³/mol. The molecule has 0 N–H and O–H groups in total. The van der Waals surface area contributed by atoms with E-state index in [0.29, 0.717) is 0 Å². The lowest BCUT2D eigenvalue weighted by atomic mass is 9.76. The van der Waals surface area contributed by atoms with E-state index in [0.717, 1.165) is 44.4 Å². The summed E-state index contributed by atoms with van der Waals surface area (Å²) in [5.74, 6) is 0.893. The molecule has 0 amide bonds. The summed E-state index contributed by atoms with van der Waals surface area (Å²) in [6.07, 6.45) is 0. The summed E-state index contributed by atoms with van der Waals surface area (Å²) in [7, 11) is 0. The van der Waals surface area contributed by atoms with Crippen LogP contribution in [0.4, 0.5) is 0 Å². The zero-order valence-electron chi connectivity index (χ0n) is 25.2. The van der Waals surface area contributed by atoms with Crippen molar-refractivity contribution in [3.05, 3.63) is 120 Å². The molecule has 2 aromatic heterocycles. The van der Waals surface area contributed by atoms with Crippen LogP contribution in [0.2, 0.25) is 0 Å². The normalized spacial score (nSPS) is 12.5. The molecule has 2 heterocycles. The number of para-hydroxylation sites is 4. The molecule has 3 heteroatoms. The van der Waals surface area contributed by atoms with Crippen molar-refractivity contribution in [2.75, 3.05) is 0 Å². The van der Waals surface area contributed by atoms with E-state index in [1.54, 1.807) is 0 Å². The van der Waals surface area contributed by atoms with Gasteiger partial charge in [0.25, 0.3) is 0 Å². The summed E-state index contributed by atoms with van der Waals surface area (Å²) in [4.78, 5) is 5.31. The second-order valence-corrected chi connectivity index (χ2v) is 13.3. The van der Waals surface area contributed by atoms with Gasteiger partial charge in [-0.3, -0.25) is 4.57 Å². The van der Waals surface area contributed by atoms with E-state index in [4.69, 9.17) is 9.40 Å². The molecule has 0 bridgehead atoms. The van der Waals surface area contributed by atoms with Crippen LogP contribution in [-0.2, 0) is 10.8 Å². The fourth-order valence-electron chi connectivity index (χ4n) is 6.17. The number of imidazole rings is 1. The van der Waals surface area contributed by atoms with Gasteiger partial charge in [0.15, 0.2) is 0 Å². The minimum Gasteiger partial charge on any atom is -0.455 e. The third kappa shape index (κ3) is 4.23. The molecule has 3 nitrogen and oxygen atoms in total. The molecule has 0 aliphatic heterocycles. The molecule has 0 saturated carbocycles.